The largest absolute Gasteiger partial charge is 0.444 e. The van der Waals surface area contributed by atoms with Gasteiger partial charge in [0.05, 0.1) is 5.41 Å². The van der Waals surface area contributed by atoms with Gasteiger partial charge in [-0.3, -0.25) is 9.69 Å². The molecule has 9 heteroatoms. The highest BCUT2D eigenvalue weighted by molar-refractivity contribution is 6.07. The van der Waals surface area contributed by atoms with Crippen molar-refractivity contribution in [3.63, 3.8) is 0 Å². The van der Waals surface area contributed by atoms with Gasteiger partial charge in [-0.25, -0.2) is 9.59 Å². The molecule has 226 valence electrons. The minimum Gasteiger partial charge on any atom is -0.444 e. The van der Waals surface area contributed by atoms with Crippen LogP contribution in [0.5, 0.6) is 0 Å². The predicted octanol–water partition coefficient (Wildman–Crippen LogP) is 5.63. The lowest BCUT2D eigenvalue weighted by atomic mass is 9.73. The van der Waals surface area contributed by atoms with Crippen LogP contribution in [0.15, 0.2) is 42.5 Å². The molecule has 0 unspecified atom stereocenters. The number of amides is 3. The SMILES string of the molecule is CC(C)(C)OC(=O)N1CCN(Cc2cccc(-c3ccc4c(c3)NC(=O)C43CCN(C(=O)OC(C)(C)C)CC3)c2)CC1. The van der Waals surface area contributed by atoms with Crippen LogP contribution in [0.3, 0.4) is 0 Å². The summed E-state index contributed by atoms with van der Waals surface area (Å²) < 4.78 is 11.1. The van der Waals surface area contributed by atoms with Crippen LogP contribution in [0.4, 0.5) is 15.3 Å². The van der Waals surface area contributed by atoms with Gasteiger partial charge in [-0.15, -0.1) is 0 Å². The highest BCUT2D eigenvalue weighted by Crippen LogP contribution is 2.46. The average Bonchev–Trinajstić information content (AvgIpc) is 3.17. The second kappa shape index (κ2) is 11.2. The molecule has 3 aliphatic heterocycles. The fraction of sp³-hybridized carbons (Fsp3) is 0.545. The van der Waals surface area contributed by atoms with E-state index in [1.54, 1.807) is 9.80 Å². The number of anilines is 1. The standard InChI is InChI=1S/C33H44N4O5/c1-31(2,3)41-29(39)36-14-12-33(13-15-36)26-11-10-25(21-27(26)34-28(33)38)24-9-7-8-23(20-24)22-35-16-18-37(19-17-35)30(40)42-32(4,5)6/h7-11,20-21H,12-19,22H2,1-6H3,(H,34,38). The molecule has 0 radical (unpaired) electrons. The van der Waals surface area contributed by atoms with Crippen molar-refractivity contribution in [2.45, 2.75) is 77.5 Å². The zero-order valence-corrected chi connectivity index (χ0v) is 25.8. The summed E-state index contributed by atoms with van der Waals surface area (Å²) in [6.45, 7) is 15.9. The molecule has 0 atom stereocenters. The van der Waals surface area contributed by atoms with E-state index in [2.05, 4.69) is 52.7 Å². The molecule has 3 heterocycles. The van der Waals surface area contributed by atoms with Crippen molar-refractivity contribution < 1.29 is 23.9 Å². The summed E-state index contributed by atoms with van der Waals surface area (Å²) in [5.74, 6) is 0.0118. The molecule has 1 N–H and O–H groups in total. The Labute approximate surface area is 249 Å². The van der Waals surface area contributed by atoms with Gasteiger partial charge in [-0.05, 0) is 88.8 Å². The van der Waals surface area contributed by atoms with Gasteiger partial charge in [0, 0.05) is 51.5 Å². The van der Waals surface area contributed by atoms with E-state index in [9.17, 15) is 14.4 Å². The Hall–Kier alpha value is -3.59. The fourth-order valence-electron chi connectivity index (χ4n) is 6.03. The van der Waals surface area contributed by atoms with Crippen LogP contribution in [-0.4, -0.2) is 83.3 Å². The van der Waals surface area contributed by atoms with E-state index >= 15 is 0 Å². The number of ether oxygens (including phenoxy) is 2. The summed E-state index contributed by atoms with van der Waals surface area (Å²) in [6, 6.07) is 14.7. The normalized spacial score (nSPS) is 19.0. The Morgan fingerprint density at radius 1 is 0.786 bits per heavy atom. The molecule has 0 aromatic heterocycles. The van der Waals surface area contributed by atoms with E-state index in [0.29, 0.717) is 39.0 Å². The zero-order valence-electron chi connectivity index (χ0n) is 25.8. The van der Waals surface area contributed by atoms with Gasteiger partial charge in [-0.2, -0.15) is 0 Å². The first-order valence-corrected chi connectivity index (χ1v) is 15.0. The third-order valence-corrected chi connectivity index (χ3v) is 8.18. The maximum absolute atomic E-state index is 13.3. The molecule has 2 saturated heterocycles. The summed E-state index contributed by atoms with van der Waals surface area (Å²) >= 11 is 0. The molecule has 3 aliphatic rings. The number of fused-ring (bicyclic) bond motifs is 2. The number of nitrogens with zero attached hydrogens (tertiary/aromatic N) is 3. The van der Waals surface area contributed by atoms with Gasteiger partial charge >= 0.3 is 12.2 Å². The summed E-state index contributed by atoms with van der Waals surface area (Å²) in [6.07, 6.45) is 0.571. The maximum Gasteiger partial charge on any atom is 0.410 e. The van der Waals surface area contributed by atoms with Crippen LogP contribution in [0.2, 0.25) is 0 Å². The quantitative estimate of drug-likeness (QED) is 0.510. The molecule has 2 fully saturated rings. The molecule has 9 nitrogen and oxygen atoms in total. The van der Waals surface area contributed by atoms with Gasteiger partial charge in [0.2, 0.25) is 5.91 Å². The van der Waals surface area contributed by atoms with Gasteiger partial charge in [-0.1, -0.05) is 30.3 Å². The van der Waals surface area contributed by atoms with E-state index in [4.69, 9.17) is 9.47 Å². The third kappa shape index (κ3) is 6.56. The number of rotatable bonds is 3. The number of likely N-dealkylation sites (tertiary alicyclic amines) is 1. The van der Waals surface area contributed by atoms with Gasteiger partial charge in [0.1, 0.15) is 11.2 Å². The van der Waals surface area contributed by atoms with Crippen molar-refractivity contribution in [3.05, 3.63) is 53.6 Å². The highest BCUT2D eigenvalue weighted by atomic mass is 16.6. The van der Waals surface area contributed by atoms with Crippen molar-refractivity contribution in [1.29, 1.82) is 0 Å². The topological polar surface area (TPSA) is 91.4 Å². The molecule has 1 spiro atoms. The summed E-state index contributed by atoms with van der Waals surface area (Å²) in [4.78, 5) is 44.1. The van der Waals surface area contributed by atoms with Crippen LogP contribution in [0, 0.1) is 0 Å². The number of benzene rings is 2. The van der Waals surface area contributed by atoms with Gasteiger partial charge in [0.15, 0.2) is 0 Å². The second-order valence-corrected chi connectivity index (χ2v) is 13.7. The molecule has 0 bridgehead atoms. The van der Waals surface area contributed by atoms with E-state index in [1.165, 1.54) is 5.56 Å². The summed E-state index contributed by atoms with van der Waals surface area (Å²) in [7, 11) is 0. The van der Waals surface area contributed by atoms with Crippen LogP contribution in [0.1, 0.15) is 65.5 Å². The van der Waals surface area contributed by atoms with E-state index in [-0.39, 0.29) is 18.1 Å². The lowest BCUT2D eigenvalue weighted by Crippen LogP contribution is -2.49. The van der Waals surface area contributed by atoms with Crippen molar-refractivity contribution >= 4 is 23.8 Å². The molecule has 3 amide bonds. The Balaban J connectivity index is 1.22. The first-order valence-electron chi connectivity index (χ1n) is 15.0. The van der Waals surface area contributed by atoms with Crippen LogP contribution in [-0.2, 0) is 26.2 Å². The Morgan fingerprint density at radius 3 is 1.95 bits per heavy atom. The van der Waals surface area contributed by atoms with E-state index in [1.807, 2.05) is 41.5 Å². The van der Waals surface area contributed by atoms with Crippen LogP contribution >= 0.6 is 0 Å². The molecular weight excluding hydrogens is 532 g/mol. The molecular formula is C33H44N4O5. The third-order valence-electron chi connectivity index (χ3n) is 8.18. The Bertz CT molecular complexity index is 1340. The lowest BCUT2D eigenvalue weighted by Gasteiger charge is -2.38. The number of nitrogens with one attached hydrogen (secondary N) is 1. The number of carbonyl (C=O) groups is 3. The van der Waals surface area contributed by atoms with Crippen LogP contribution < -0.4 is 5.32 Å². The smallest absolute Gasteiger partial charge is 0.410 e. The molecule has 0 saturated carbocycles. The number of carbonyl (C=O) groups excluding carboxylic acids is 3. The molecule has 2 aromatic rings. The van der Waals surface area contributed by atoms with Crippen LogP contribution in [0.25, 0.3) is 11.1 Å². The molecule has 5 rings (SSSR count). The first-order chi connectivity index (χ1) is 19.7. The van der Waals surface area contributed by atoms with Crippen molar-refractivity contribution in [2.75, 3.05) is 44.6 Å². The Kier molecular flexibility index (Phi) is 8.00. The molecule has 0 aliphatic carbocycles. The number of piperazine rings is 1. The number of hydrogen-bond acceptors (Lipinski definition) is 6. The maximum atomic E-state index is 13.3. The van der Waals surface area contributed by atoms with Crippen molar-refractivity contribution in [1.82, 2.24) is 14.7 Å². The fourth-order valence-corrected chi connectivity index (χ4v) is 6.03. The average molecular weight is 577 g/mol. The highest BCUT2D eigenvalue weighted by Gasteiger charge is 2.49. The second-order valence-electron chi connectivity index (χ2n) is 13.7. The number of hydrogen-bond donors (Lipinski definition) is 1. The van der Waals surface area contributed by atoms with E-state index in [0.717, 1.165) is 42.0 Å². The lowest BCUT2D eigenvalue weighted by molar-refractivity contribution is -0.122. The zero-order chi connectivity index (χ0) is 30.3. The minimum atomic E-state index is -0.615. The summed E-state index contributed by atoms with van der Waals surface area (Å²) in [5.41, 5.74) is 3.56. The minimum absolute atomic E-state index is 0.0118. The predicted molar refractivity (Wildman–Crippen MR) is 162 cm³/mol. The monoisotopic (exact) mass is 576 g/mol. The van der Waals surface area contributed by atoms with Crippen molar-refractivity contribution in [2.24, 2.45) is 0 Å². The van der Waals surface area contributed by atoms with Gasteiger partial charge < -0.3 is 24.6 Å². The first kappa shape index (κ1) is 29.9. The molecule has 42 heavy (non-hydrogen) atoms. The Morgan fingerprint density at radius 2 is 1.36 bits per heavy atom. The van der Waals surface area contributed by atoms with Crippen molar-refractivity contribution in [3.8, 4) is 11.1 Å². The van der Waals surface area contributed by atoms with E-state index < -0.39 is 16.6 Å². The number of piperidine rings is 1. The summed E-state index contributed by atoms with van der Waals surface area (Å²) in [5, 5.41) is 3.13. The molecule has 2 aromatic carbocycles. The van der Waals surface area contributed by atoms with Gasteiger partial charge in [0.25, 0.3) is 0 Å².